The number of benzene rings is 1. The molecule has 0 aliphatic rings. The summed E-state index contributed by atoms with van der Waals surface area (Å²) in [6, 6.07) is 11.9. The van der Waals surface area contributed by atoms with Gasteiger partial charge in [0.15, 0.2) is 0 Å². The Balaban J connectivity index is 2.22. The lowest BCUT2D eigenvalue weighted by molar-refractivity contribution is 1.07. The first-order valence-corrected chi connectivity index (χ1v) is 5.49. The largest absolute Gasteiger partial charge is 0.398 e. The van der Waals surface area contributed by atoms with Crippen LogP contribution >= 0.6 is 15.9 Å². The standard InChI is InChI=1S/C12H11BrN2/c13-11-8-9(4-5-12(11)14)7-10-3-1-2-6-15-10/h1-6,8H,7,14H2. The van der Waals surface area contributed by atoms with E-state index < -0.39 is 0 Å². The lowest BCUT2D eigenvalue weighted by Gasteiger charge is -2.03. The van der Waals surface area contributed by atoms with Gasteiger partial charge in [-0.3, -0.25) is 4.98 Å². The molecule has 3 heteroatoms. The number of anilines is 1. The van der Waals surface area contributed by atoms with Crippen LogP contribution in [0, 0.1) is 0 Å². The molecule has 2 N–H and O–H groups in total. The van der Waals surface area contributed by atoms with Gasteiger partial charge in [0.05, 0.1) is 0 Å². The quantitative estimate of drug-likeness (QED) is 0.846. The predicted molar refractivity (Wildman–Crippen MR) is 65.6 cm³/mol. The summed E-state index contributed by atoms with van der Waals surface area (Å²) in [6.07, 6.45) is 2.64. The van der Waals surface area contributed by atoms with Crippen LogP contribution in [-0.2, 0) is 6.42 Å². The number of rotatable bonds is 2. The highest BCUT2D eigenvalue weighted by Gasteiger charge is 2.00. The van der Waals surface area contributed by atoms with E-state index in [-0.39, 0.29) is 0 Å². The number of halogens is 1. The van der Waals surface area contributed by atoms with Crippen molar-refractivity contribution in [2.45, 2.75) is 6.42 Å². The van der Waals surface area contributed by atoms with E-state index in [9.17, 15) is 0 Å². The smallest absolute Gasteiger partial charge is 0.0458 e. The Kier molecular flexibility index (Phi) is 3.02. The van der Waals surface area contributed by atoms with Crippen LogP contribution in [0.25, 0.3) is 0 Å². The highest BCUT2D eigenvalue weighted by molar-refractivity contribution is 9.10. The van der Waals surface area contributed by atoms with Gasteiger partial charge in [-0.15, -0.1) is 0 Å². The molecule has 0 saturated heterocycles. The van der Waals surface area contributed by atoms with Gasteiger partial charge in [0.25, 0.3) is 0 Å². The average molecular weight is 263 g/mol. The highest BCUT2D eigenvalue weighted by atomic mass is 79.9. The van der Waals surface area contributed by atoms with Crippen molar-refractivity contribution in [2.24, 2.45) is 0 Å². The molecule has 1 aromatic heterocycles. The molecule has 0 bridgehead atoms. The summed E-state index contributed by atoms with van der Waals surface area (Å²) in [7, 11) is 0. The normalized spacial score (nSPS) is 10.2. The SMILES string of the molecule is Nc1ccc(Cc2ccccn2)cc1Br. The molecule has 0 unspecified atom stereocenters. The molecule has 1 heterocycles. The van der Waals surface area contributed by atoms with Crippen LogP contribution in [0.5, 0.6) is 0 Å². The molecule has 76 valence electrons. The Bertz CT molecular complexity index is 454. The van der Waals surface area contributed by atoms with E-state index in [4.69, 9.17) is 5.73 Å². The van der Waals surface area contributed by atoms with Crippen molar-refractivity contribution >= 4 is 21.6 Å². The van der Waals surface area contributed by atoms with Gasteiger partial charge in [-0.2, -0.15) is 0 Å². The second-order valence-corrected chi connectivity index (χ2v) is 4.21. The van der Waals surface area contributed by atoms with Crippen molar-refractivity contribution < 1.29 is 0 Å². The second kappa shape index (κ2) is 4.45. The number of pyridine rings is 1. The van der Waals surface area contributed by atoms with E-state index in [1.807, 2.05) is 42.6 Å². The summed E-state index contributed by atoms with van der Waals surface area (Å²) in [5.74, 6) is 0. The molecule has 0 atom stereocenters. The Morgan fingerprint density at radius 1 is 1.20 bits per heavy atom. The zero-order valence-electron chi connectivity index (χ0n) is 8.15. The van der Waals surface area contributed by atoms with Gasteiger partial charge >= 0.3 is 0 Å². The second-order valence-electron chi connectivity index (χ2n) is 3.35. The molecular weight excluding hydrogens is 252 g/mol. The van der Waals surface area contributed by atoms with Gasteiger partial charge in [0, 0.05) is 28.5 Å². The summed E-state index contributed by atoms with van der Waals surface area (Å²) < 4.78 is 0.941. The Morgan fingerprint density at radius 2 is 2.07 bits per heavy atom. The monoisotopic (exact) mass is 262 g/mol. The van der Waals surface area contributed by atoms with E-state index in [0.717, 1.165) is 22.3 Å². The third-order valence-corrected chi connectivity index (χ3v) is 2.86. The lowest BCUT2D eigenvalue weighted by atomic mass is 10.1. The molecule has 0 saturated carbocycles. The molecule has 0 aliphatic carbocycles. The molecule has 0 fully saturated rings. The third kappa shape index (κ3) is 2.57. The van der Waals surface area contributed by atoms with Crippen LogP contribution in [0.15, 0.2) is 47.1 Å². The van der Waals surface area contributed by atoms with Crippen molar-refractivity contribution in [3.05, 3.63) is 58.3 Å². The van der Waals surface area contributed by atoms with Crippen molar-refractivity contribution in [3.8, 4) is 0 Å². The Hall–Kier alpha value is -1.35. The molecular formula is C12H11BrN2. The molecule has 1 aromatic carbocycles. The first kappa shape index (κ1) is 10.2. The minimum Gasteiger partial charge on any atom is -0.398 e. The van der Waals surface area contributed by atoms with Gasteiger partial charge < -0.3 is 5.73 Å². The molecule has 0 spiro atoms. The van der Waals surface area contributed by atoms with E-state index in [2.05, 4.69) is 20.9 Å². The van der Waals surface area contributed by atoms with Crippen molar-refractivity contribution in [1.29, 1.82) is 0 Å². The average Bonchev–Trinajstić information content (AvgIpc) is 2.25. The maximum atomic E-state index is 5.72. The fraction of sp³-hybridized carbons (Fsp3) is 0.0833. The van der Waals surface area contributed by atoms with Crippen LogP contribution in [0.4, 0.5) is 5.69 Å². The van der Waals surface area contributed by atoms with Crippen LogP contribution in [0.2, 0.25) is 0 Å². The fourth-order valence-electron chi connectivity index (χ4n) is 1.39. The van der Waals surface area contributed by atoms with Gasteiger partial charge in [-0.05, 0) is 45.8 Å². The van der Waals surface area contributed by atoms with Crippen molar-refractivity contribution in [1.82, 2.24) is 4.98 Å². The van der Waals surface area contributed by atoms with E-state index in [0.29, 0.717) is 0 Å². The predicted octanol–water partition coefficient (Wildman–Crippen LogP) is 3.02. The van der Waals surface area contributed by atoms with Gasteiger partial charge in [-0.25, -0.2) is 0 Å². The summed E-state index contributed by atoms with van der Waals surface area (Å²) in [5, 5.41) is 0. The molecule has 2 rings (SSSR count). The zero-order chi connectivity index (χ0) is 10.7. The number of hydrogen-bond acceptors (Lipinski definition) is 2. The lowest BCUT2D eigenvalue weighted by Crippen LogP contribution is -1.93. The molecule has 0 aliphatic heterocycles. The molecule has 0 amide bonds. The summed E-state index contributed by atoms with van der Waals surface area (Å²) in [5.41, 5.74) is 8.75. The Morgan fingerprint density at radius 3 is 2.73 bits per heavy atom. The number of nitrogens with zero attached hydrogens (tertiary/aromatic N) is 1. The Labute approximate surface area is 97.3 Å². The maximum absolute atomic E-state index is 5.72. The third-order valence-electron chi connectivity index (χ3n) is 2.18. The highest BCUT2D eigenvalue weighted by Crippen LogP contribution is 2.21. The minimum atomic E-state index is 0.764. The molecule has 0 radical (unpaired) electrons. The molecule has 2 aromatic rings. The van der Waals surface area contributed by atoms with Crippen LogP contribution in [-0.4, -0.2) is 4.98 Å². The number of aromatic nitrogens is 1. The first-order chi connectivity index (χ1) is 7.25. The van der Waals surface area contributed by atoms with Gasteiger partial charge in [-0.1, -0.05) is 12.1 Å². The van der Waals surface area contributed by atoms with E-state index in [1.165, 1.54) is 5.56 Å². The van der Waals surface area contributed by atoms with E-state index >= 15 is 0 Å². The van der Waals surface area contributed by atoms with E-state index in [1.54, 1.807) is 0 Å². The van der Waals surface area contributed by atoms with Crippen LogP contribution in [0.3, 0.4) is 0 Å². The summed E-state index contributed by atoms with van der Waals surface area (Å²) >= 11 is 3.41. The topological polar surface area (TPSA) is 38.9 Å². The molecule has 2 nitrogen and oxygen atoms in total. The zero-order valence-corrected chi connectivity index (χ0v) is 9.74. The fourth-order valence-corrected chi connectivity index (χ4v) is 1.82. The summed E-state index contributed by atoms with van der Waals surface area (Å²) in [6.45, 7) is 0. The number of nitrogen functional groups attached to an aromatic ring is 1. The van der Waals surface area contributed by atoms with Gasteiger partial charge in [0.2, 0.25) is 0 Å². The van der Waals surface area contributed by atoms with Gasteiger partial charge in [0.1, 0.15) is 0 Å². The van der Waals surface area contributed by atoms with Crippen LogP contribution in [0.1, 0.15) is 11.3 Å². The maximum Gasteiger partial charge on any atom is 0.0458 e. The van der Waals surface area contributed by atoms with Crippen molar-refractivity contribution in [2.75, 3.05) is 5.73 Å². The number of hydrogen-bond donors (Lipinski definition) is 1. The first-order valence-electron chi connectivity index (χ1n) is 4.69. The minimum absolute atomic E-state index is 0.764. The summed E-state index contributed by atoms with van der Waals surface area (Å²) in [4.78, 5) is 4.28. The van der Waals surface area contributed by atoms with Crippen LogP contribution < -0.4 is 5.73 Å². The van der Waals surface area contributed by atoms with Crippen molar-refractivity contribution in [3.63, 3.8) is 0 Å². The number of nitrogens with two attached hydrogens (primary N) is 1. The molecule has 15 heavy (non-hydrogen) atoms.